The summed E-state index contributed by atoms with van der Waals surface area (Å²) in [6.45, 7) is 0. The first-order chi connectivity index (χ1) is 8.29. The van der Waals surface area contributed by atoms with E-state index in [1.165, 1.54) is 26.5 Å². The topological polar surface area (TPSA) is 32.9 Å². The van der Waals surface area contributed by atoms with E-state index in [-0.39, 0.29) is 5.92 Å². The molecule has 1 fully saturated rings. The molecule has 2 nitrogen and oxygen atoms in total. The van der Waals surface area contributed by atoms with Crippen LogP contribution < -0.4 is 0 Å². The lowest BCUT2D eigenvalue weighted by molar-refractivity contribution is -0.111. The average molecular weight is 339 g/mol. The Morgan fingerprint density at radius 3 is 3.06 bits per heavy atom. The van der Waals surface area contributed by atoms with E-state index >= 15 is 0 Å². The number of aromatic nitrogens is 1. The number of rotatable bonds is 2. The second-order valence-electron chi connectivity index (χ2n) is 4.77. The van der Waals surface area contributed by atoms with Gasteiger partial charge in [0, 0.05) is 26.6 Å². The number of carbonyl (C=O) groups is 1. The summed E-state index contributed by atoms with van der Waals surface area (Å²) in [5.41, 5.74) is 2.50. The molecule has 1 aromatic heterocycles. The molecule has 0 saturated heterocycles. The van der Waals surface area contributed by atoms with Gasteiger partial charge < -0.3 is 9.78 Å². The molecule has 3 rings (SSSR count). The van der Waals surface area contributed by atoms with Crippen molar-refractivity contribution in [2.75, 3.05) is 0 Å². The van der Waals surface area contributed by atoms with E-state index in [9.17, 15) is 4.79 Å². The second-order valence-corrected chi connectivity index (χ2v) is 6.02. The monoisotopic (exact) mass is 339 g/mol. The smallest absolute Gasteiger partial charge is 0.123 e. The third-order valence-corrected chi connectivity index (χ3v) is 4.49. The zero-order valence-electron chi connectivity index (χ0n) is 9.45. The van der Waals surface area contributed by atoms with E-state index in [0.29, 0.717) is 5.92 Å². The lowest BCUT2D eigenvalue weighted by Gasteiger charge is -2.13. The van der Waals surface area contributed by atoms with Crippen molar-refractivity contribution in [2.45, 2.75) is 25.2 Å². The van der Waals surface area contributed by atoms with Gasteiger partial charge in [0.2, 0.25) is 0 Å². The van der Waals surface area contributed by atoms with Crippen LogP contribution in [0, 0.1) is 9.49 Å². The van der Waals surface area contributed by atoms with Crippen LogP contribution in [-0.4, -0.2) is 11.3 Å². The summed E-state index contributed by atoms with van der Waals surface area (Å²) in [4.78, 5) is 14.4. The zero-order valence-corrected chi connectivity index (χ0v) is 11.6. The van der Waals surface area contributed by atoms with Gasteiger partial charge in [0.05, 0.1) is 0 Å². The summed E-state index contributed by atoms with van der Waals surface area (Å²) in [6.07, 6.45) is 6.59. The molecule has 0 amide bonds. The molecule has 88 valence electrons. The maximum absolute atomic E-state index is 11.1. The highest BCUT2D eigenvalue weighted by molar-refractivity contribution is 14.1. The molecular formula is C14H14INO. The Balaban J connectivity index is 2.10. The molecule has 2 unspecified atom stereocenters. The Labute approximate surface area is 114 Å². The number of fused-ring (bicyclic) bond motifs is 1. The van der Waals surface area contributed by atoms with Crippen molar-refractivity contribution in [1.82, 2.24) is 4.98 Å². The minimum absolute atomic E-state index is 0.215. The van der Waals surface area contributed by atoms with Gasteiger partial charge in [-0.2, -0.15) is 0 Å². The minimum atomic E-state index is 0.215. The van der Waals surface area contributed by atoms with Crippen LogP contribution in [0.25, 0.3) is 10.9 Å². The molecule has 0 spiro atoms. The predicted molar refractivity (Wildman–Crippen MR) is 77.2 cm³/mol. The minimum Gasteiger partial charge on any atom is -0.361 e. The summed E-state index contributed by atoms with van der Waals surface area (Å²) in [7, 11) is 0. The number of benzene rings is 1. The molecule has 0 aliphatic heterocycles. The number of nitrogens with one attached hydrogen (secondary N) is 1. The molecule has 0 radical (unpaired) electrons. The van der Waals surface area contributed by atoms with Crippen LogP contribution in [0.3, 0.4) is 0 Å². The average Bonchev–Trinajstić information content (AvgIpc) is 2.93. The first kappa shape index (κ1) is 11.3. The van der Waals surface area contributed by atoms with Gasteiger partial charge in [-0.1, -0.05) is 6.42 Å². The van der Waals surface area contributed by atoms with E-state index in [0.717, 1.165) is 19.1 Å². The molecule has 2 atom stereocenters. The fourth-order valence-corrected chi connectivity index (χ4v) is 3.45. The lowest BCUT2D eigenvalue weighted by atomic mass is 9.90. The first-order valence-corrected chi connectivity index (χ1v) is 7.09. The number of hydrogen-bond donors (Lipinski definition) is 1. The molecule has 1 aliphatic carbocycles. The van der Waals surface area contributed by atoms with Gasteiger partial charge in [0.25, 0.3) is 0 Å². The van der Waals surface area contributed by atoms with E-state index in [4.69, 9.17) is 0 Å². The van der Waals surface area contributed by atoms with Gasteiger partial charge in [-0.25, -0.2) is 0 Å². The van der Waals surface area contributed by atoms with E-state index in [1.807, 2.05) is 0 Å². The highest BCUT2D eigenvalue weighted by Crippen LogP contribution is 2.41. The predicted octanol–water partition coefficient (Wildman–Crippen LogP) is 3.86. The highest BCUT2D eigenvalue weighted by Gasteiger charge is 2.29. The zero-order chi connectivity index (χ0) is 11.8. The molecule has 0 bridgehead atoms. The third-order valence-electron chi connectivity index (χ3n) is 3.82. The Morgan fingerprint density at radius 2 is 2.24 bits per heavy atom. The van der Waals surface area contributed by atoms with E-state index < -0.39 is 0 Å². The Bertz CT molecular complexity index is 560. The van der Waals surface area contributed by atoms with Crippen molar-refractivity contribution < 1.29 is 4.79 Å². The van der Waals surface area contributed by atoms with E-state index in [2.05, 4.69) is 52.0 Å². The molecule has 1 aromatic carbocycles. The maximum Gasteiger partial charge on any atom is 0.123 e. The largest absolute Gasteiger partial charge is 0.361 e. The SMILES string of the molecule is O=CC1CCCC1c1c[nH]c2ccc(I)cc12. The van der Waals surface area contributed by atoms with Crippen LogP contribution in [0.1, 0.15) is 30.7 Å². The molecule has 1 heterocycles. The van der Waals surface area contributed by atoms with Crippen molar-refractivity contribution in [3.8, 4) is 0 Å². The normalized spacial score (nSPS) is 24.3. The third kappa shape index (κ3) is 1.90. The fraction of sp³-hybridized carbons (Fsp3) is 0.357. The van der Waals surface area contributed by atoms with Gasteiger partial charge in [0.1, 0.15) is 6.29 Å². The lowest BCUT2D eigenvalue weighted by Crippen LogP contribution is -2.06. The summed E-state index contributed by atoms with van der Waals surface area (Å²) in [6, 6.07) is 6.43. The number of hydrogen-bond acceptors (Lipinski definition) is 1. The van der Waals surface area contributed by atoms with E-state index in [1.54, 1.807) is 0 Å². The van der Waals surface area contributed by atoms with Gasteiger partial charge >= 0.3 is 0 Å². The summed E-state index contributed by atoms with van der Waals surface area (Å²) < 4.78 is 1.25. The summed E-state index contributed by atoms with van der Waals surface area (Å²) in [5, 5.41) is 1.29. The number of halogens is 1. The van der Waals surface area contributed by atoms with Crippen LogP contribution in [-0.2, 0) is 4.79 Å². The van der Waals surface area contributed by atoms with Crippen molar-refractivity contribution in [3.05, 3.63) is 33.5 Å². The number of H-pyrrole nitrogens is 1. The molecule has 3 heteroatoms. The molecule has 17 heavy (non-hydrogen) atoms. The molecule has 1 saturated carbocycles. The van der Waals surface area contributed by atoms with Gasteiger partial charge in [-0.15, -0.1) is 0 Å². The number of aromatic amines is 1. The number of aldehydes is 1. The van der Waals surface area contributed by atoms with Crippen LogP contribution in [0.4, 0.5) is 0 Å². The van der Waals surface area contributed by atoms with Crippen LogP contribution in [0.15, 0.2) is 24.4 Å². The molecule has 1 N–H and O–H groups in total. The van der Waals surface area contributed by atoms with Gasteiger partial charge in [-0.05, 0) is 65.1 Å². The Kier molecular flexibility index (Phi) is 2.94. The molecular weight excluding hydrogens is 325 g/mol. The van der Waals surface area contributed by atoms with Crippen LogP contribution in [0.2, 0.25) is 0 Å². The molecule has 1 aliphatic rings. The fourth-order valence-electron chi connectivity index (χ4n) is 2.96. The first-order valence-electron chi connectivity index (χ1n) is 6.01. The Morgan fingerprint density at radius 1 is 1.35 bits per heavy atom. The summed E-state index contributed by atoms with van der Waals surface area (Å²) in [5.74, 6) is 0.631. The van der Waals surface area contributed by atoms with Gasteiger partial charge in [0.15, 0.2) is 0 Å². The van der Waals surface area contributed by atoms with Crippen molar-refractivity contribution in [3.63, 3.8) is 0 Å². The van der Waals surface area contributed by atoms with Crippen molar-refractivity contribution in [2.24, 2.45) is 5.92 Å². The second kappa shape index (κ2) is 4.44. The van der Waals surface area contributed by atoms with Gasteiger partial charge in [-0.3, -0.25) is 0 Å². The number of carbonyl (C=O) groups excluding carboxylic acids is 1. The highest BCUT2D eigenvalue weighted by atomic mass is 127. The molecule has 2 aromatic rings. The van der Waals surface area contributed by atoms with Crippen molar-refractivity contribution in [1.29, 1.82) is 0 Å². The standard InChI is InChI=1S/C14H14INO/c15-10-4-5-14-12(6-10)13(7-16-14)11-3-1-2-9(11)8-17/h4-9,11,16H,1-3H2. The van der Waals surface area contributed by atoms with Crippen molar-refractivity contribution >= 4 is 39.8 Å². The maximum atomic E-state index is 11.1. The quantitative estimate of drug-likeness (QED) is 0.654. The van der Waals surface area contributed by atoms with Crippen LogP contribution in [0.5, 0.6) is 0 Å². The summed E-state index contributed by atoms with van der Waals surface area (Å²) >= 11 is 2.34. The Hall–Kier alpha value is -0.840. The van der Waals surface area contributed by atoms with Crippen LogP contribution >= 0.6 is 22.6 Å².